The van der Waals surface area contributed by atoms with E-state index in [-0.39, 0.29) is 6.61 Å². The first-order chi connectivity index (χ1) is 9.96. The van der Waals surface area contributed by atoms with E-state index in [1.54, 1.807) is 6.07 Å². The van der Waals surface area contributed by atoms with Gasteiger partial charge in [0.25, 0.3) is 0 Å². The average molecular weight is 332 g/mol. The Hall–Kier alpha value is -0.470. The Balaban J connectivity index is 1.92. The predicted octanol–water partition coefficient (Wildman–Crippen LogP) is 1.56. The van der Waals surface area contributed by atoms with Crippen LogP contribution in [0.4, 0.5) is 0 Å². The monoisotopic (exact) mass is 332 g/mol. The molecule has 1 aliphatic heterocycles. The lowest BCUT2D eigenvalue weighted by Gasteiger charge is -2.30. The maximum Gasteiger partial charge on any atom is 0.250 e. The second-order valence-electron chi connectivity index (χ2n) is 5.56. The van der Waals surface area contributed by atoms with Gasteiger partial charge in [-0.05, 0) is 56.9 Å². The summed E-state index contributed by atoms with van der Waals surface area (Å²) in [4.78, 5) is 3.10. The van der Waals surface area contributed by atoms with Gasteiger partial charge in [0.1, 0.15) is 4.21 Å². The van der Waals surface area contributed by atoms with Crippen molar-refractivity contribution >= 4 is 21.4 Å². The number of hydrogen-bond donors (Lipinski definition) is 2. The number of sulfonamides is 1. The number of aliphatic hydroxyl groups excluding tert-OH is 1. The zero-order valence-corrected chi connectivity index (χ0v) is 14.3. The molecule has 0 radical (unpaired) electrons. The SMILES string of the molecule is CCN1CCC(CNS(=O)(=O)c2cc(C)c(CO)s2)CC1. The van der Waals surface area contributed by atoms with Crippen molar-refractivity contribution in [1.82, 2.24) is 9.62 Å². The summed E-state index contributed by atoms with van der Waals surface area (Å²) in [5, 5.41) is 9.17. The molecular weight excluding hydrogens is 308 g/mol. The van der Waals surface area contributed by atoms with Crippen LogP contribution in [0.15, 0.2) is 10.3 Å². The first kappa shape index (κ1) is 16.9. The molecule has 2 rings (SSSR count). The number of likely N-dealkylation sites (tertiary alicyclic amines) is 1. The molecule has 0 spiro atoms. The van der Waals surface area contributed by atoms with E-state index in [9.17, 15) is 8.42 Å². The molecule has 120 valence electrons. The zero-order valence-electron chi connectivity index (χ0n) is 12.6. The standard InChI is InChI=1S/C14H24N2O3S2/c1-3-16-6-4-12(5-7-16)9-15-21(18,19)14-8-11(2)13(10-17)20-14/h8,12,15,17H,3-7,9-10H2,1-2H3. The quantitative estimate of drug-likeness (QED) is 0.829. The van der Waals surface area contributed by atoms with Gasteiger partial charge in [-0.1, -0.05) is 6.92 Å². The second kappa shape index (κ2) is 7.19. The number of nitrogens with one attached hydrogen (secondary N) is 1. The van der Waals surface area contributed by atoms with Gasteiger partial charge in [0.15, 0.2) is 0 Å². The summed E-state index contributed by atoms with van der Waals surface area (Å²) in [7, 11) is -3.45. The highest BCUT2D eigenvalue weighted by Crippen LogP contribution is 2.26. The first-order valence-corrected chi connectivity index (χ1v) is 9.68. The van der Waals surface area contributed by atoms with E-state index in [1.807, 2.05) is 6.92 Å². The fourth-order valence-corrected chi connectivity index (χ4v) is 5.19. The maximum absolute atomic E-state index is 12.3. The molecule has 7 heteroatoms. The first-order valence-electron chi connectivity index (χ1n) is 7.38. The minimum atomic E-state index is -3.45. The highest BCUT2D eigenvalue weighted by molar-refractivity contribution is 7.91. The van der Waals surface area contributed by atoms with Gasteiger partial charge in [0, 0.05) is 11.4 Å². The van der Waals surface area contributed by atoms with Gasteiger partial charge in [-0.3, -0.25) is 0 Å². The highest BCUT2D eigenvalue weighted by Gasteiger charge is 2.22. The van der Waals surface area contributed by atoms with Crippen LogP contribution in [-0.4, -0.2) is 44.6 Å². The summed E-state index contributed by atoms with van der Waals surface area (Å²) in [5.41, 5.74) is 0.833. The molecule has 2 heterocycles. The van der Waals surface area contributed by atoms with E-state index in [0.29, 0.717) is 21.5 Å². The molecule has 1 aromatic heterocycles. The molecule has 5 nitrogen and oxygen atoms in total. The summed E-state index contributed by atoms with van der Waals surface area (Å²) in [6, 6.07) is 1.64. The molecule has 0 aromatic carbocycles. The van der Waals surface area contributed by atoms with Crippen molar-refractivity contribution in [2.75, 3.05) is 26.2 Å². The normalized spacial score (nSPS) is 18.2. The molecule has 0 amide bonds. The van der Waals surface area contributed by atoms with Crippen LogP contribution >= 0.6 is 11.3 Å². The number of rotatable bonds is 6. The van der Waals surface area contributed by atoms with Crippen molar-refractivity contribution in [2.45, 2.75) is 37.5 Å². The molecule has 1 aliphatic rings. The van der Waals surface area contributed by atoms with Crippen molar-refractivity contribution < 1.29 is 13.5 Å². The van der Waals surface area contributed by atoms with E-state index in [4.69, 9.17) is 5.11 Å². The fraction of sp³-hybridized carbons (Fsp3) is 0.714. The molecule has 1 fully saturated rings. The predicted molar refractivity (Wildman–Crippen MR) is 85.0 cm³/mol. The summed E-state index contributed by atoms with van der Waals surface area (Å²) in [6.07, 6.45) is 2.09. The summed E-state index contributed by atoms with van der Waals surface area (Å²) in [6.45, 7) is 7.54. The Labute approximate surface area is 131 Å². The Morgan fingerprint density at radius 2 is 2.10 bits per heavy atom. The molecule has 0 bridgehead atoms. The molecule has 2 N–H and O–H groups in total. The second-order valence-corrected chi connectivity index (χ2v) is 8.69. The van der Waals surface area contributed by atoms with Crippen LogP contribution in [0.3, 0.4) is 0 Å². The van der Waals surface area contributed by atoms with Crippen molar-refractivity contribution in [3.8, 4) is 0 Å². The zero-order chi connectivity index (χ0) is 15.5. The molecular formula is C14H24N2O3S2. The van der Waals surface area contributed by atoms with E-state index in [0.717, 1.165) is 49.4 Å². The molecule has 1 aromatic rings. The Kier molecular flexibility index (Phi) is 5.79. The minimum Gasteiger partial charge on any atom is -0.391 e. The lowest BCUT2D eigenvalue weighted by atomic mass is 9.97. The topological polar surface area (TPSA) is 69.6 Å². The lowest BCUT2D eigenvalue weighted by molar-refractivity contribution is 0.194. The summed E-state index contributed by atoms with van der Waals surface area (Å²) in [5.74, 6) is 0.418. The number of thiophene rings is 1. The van der Waals surface area contributed by atoms with E-state index in [1.165, 1.54) is 0 Å². The summed E-state index contributed by atoms with van der Waals surface area (Å²) < 4.78 is 27.6. The van der Waals surface area contributed by atoms with Crippen LogP contribution in [0.5, 0.6) is 0 Å². The van der Waals surface area contributed by atoms with Crippen molar-refractivity contribution in [3.05, 3.63) is 16.5 Å². The smallest absolute Gasteiger partial charge is 0.250 e. The van der Waals surface area contributed by atoms with Gasteiger partial charge in [0.2, 0.25) is 10.0 Å². The van der Waals surface area contributed by atoms with Crippen LogP contribution in [0, 0.1) is 12.8 Å². The van der Waals surface area contributed by atoms with Crippen LogP contribution < -0.4 is 4.72 Å². The number of piperidine rings is 1. The Morgan fingerprint density at radius 1 is 1.43 bits per heavy atom. The maximum atomic E-state index is 12.3. The van der Waals surface area contributed by atoms with Gasteiger partial charge in [0.05, 0.1) is 6.61 Å². The molecule has 0 atom stereocenters. The van der Waals surface area contributed by atoms with E-state index < -0.39 is 10.0 Å². The van der Waals surface area contributed by atoms with Gasteiger partial charge in [-0.25, -0.2) is 13.1 Å². The number of nitrogens with zero attached hydrogens (tertiary/aromatic N) is 1. The Bertz CT molecular complexity index is 561. The van der Waals surface area contributed by atoms with E-state index in [2.05, 4.69) is 16.5 Å². The van der Waals surface area contributed by atoms with Gasteiger partial charge < -0.3 is 10.0 Å². The Morgan fingerprint density at radius 3 is 2.62 bits per heavy atom. The molecule has 0 saturated carbocycles. The van der Waals surface area contributed by atoms with E-state index >= 15 is 0 Å². The molecule has 21 heavy (non-hydrogen) atoms. The van der Waals surface area contributed by atoms with Gasteiger partial charge in [-0.15, -0.1) is 11.3 Å². The average Bonchev–Trinajstić information content (AvgIpc) is 2.88. The fourth-order valence-electron chi connectivity index (χ4n) is 2.58. The number of hydrogen-bond acceptors (Lipinski definition) is 5. The van der Waals surface area contributed by atoms with Crippen LogP contribution in [0.1, 0.15) is 30.2 Å². The van der Waals surface area contributed by atoms with Crippen molar-refractivity contribution in [2.24, 2.45) is 5.92 Å². The van der Waals surface area contributed by atoms with Crippen molar-refractivity contribution in [1.29, 1.82) is 0 Å². The third-order valence-corrected chi connectivity index (χ3v) is 7.24. The third kappa shape index (κ3) is 4.26. The number of aryl methyl sites for hydroxylation is 1. The molecule has 1 saturated heterocycles. The van der Waals surface area contributed by atoms with Crippen molar-refractivity contribution in [3.63, 3.8) is 0 Å². The minimum absolute atomic E-state index is 0.110. The number of aliphatic hydroxyl groups is 1. The van der Waals surface area contributed by atoms with Crippen LogP contribution in [0.2, 0.25) is 0 Å². The highest BCUT2D eigenvalue weighted by atomic mass is 32.2. The summed E-state index contributed by atoms with van der Waals surface area (Å²) >= 11 is 1.15. The molecule has 0 aliphatic carbocycles. The van der Waals surface area contributed by atoms with Gasteiger partial charge >= 0.3 is 0 Å². The largest absolute Gasteiger partial charge is 0.391 e. The van der Waals surface area contributed by atoms with Gasteiger partial charge in [-0.2, -0.15) is 0 Å². The van der Waals surface area contributed by atoms with Crippen LogP contribution in [0.25, 0.3) is 0 Å². The third-order valence-electron chi connectivity index (χ3n) is 4.12. The lowest BCUT2D eigenvalue weighted by Crippen LogP contribution is -2.38. The van der Waals surface area contributed by atoms with Crippen LogP contribution in [-0.2, 0) is 16.6 Å². The molecule has 0 unspecified atom stereocenters.